The smallest absolute Gasteiger partial charge is 0.276 e. The van der Waals surface area contributed by atoms with Gasteiger partial charge in [0.2, 0.25) is 0 Å². The van der Waals surface area contributed by atoms with E-state index < -0.39 is 0 Å². The van der Waals surface area contributed by atoms with Crippen molar-refractivity contribution in [3.63, 3.8) is 0 Å². The van der Waals surface area contributed by atoms with Gasteiger partial charge in [-0.15, -0.1) is 0 Å². The Morgan fingerprint density at radius 2 is 2.00 bits per heavy atom. The van der Waals surface area contributed by atoms with Crippen LogP contribution in [0.25, 0.3) is 0 Å². The van der Waals surface area contributed by atoms with Gasteiger partial charge in [-0.05, 0) is 55.4 Å². The number of hydrogen-bond acceptors (Lipinski definition) is 4. The zero-order valence-corrected chi connectivity index (χ0v) is 17.0. The fourth-order valence-electron chi connectivity index (χ4n) is 4.04. The van der Waals surface area contributed by atoms with Crippen LogP contribution in [0.5, 0.6) is 0 Å². The van der Waals surface area contributed by atoms with E-state index in [0.29, 0.717) is 24.8 Å². The lowest BCUT2D eigenvalue weighted by molar-refractivity contribution is 0.0984. The van der Waals surface area contributed by atoms with E-state index >= 15 is 0 Å². The van der Waals surface area contributed by atoms with Gasteiger partial charge in [0, 0.05) is 41.8 Å². The van der Waals surface area contributed by atoms with Gasteiger partial charge >= 0.3 is 0 Å². The molecule has 1 aliphatic carbocycles. The second-order valence-electron chi connectivity index (χ2n) is 8.13. The number of nitrogens with one attached hydrogen (secondary N) is 1. The maximum Gasteiger partial charge on any atom is 0.276 e. The summed E-state index contributed by atoms with van der Waals surface area (Å²) in [5.74, 6) is 0.552. The number of nitrogens with zero attached hydrogens (tertiary/aromatic N) is 3. The summed E-state index contributed by atoms with van der Waals surface area (Å²) in [6, 6.07) is 13.9. The van der Waals surface area contributed by atoms with Gasteiger partial charge in [-0.25, -0.2) is 0 Å². The Hall–Kier alpha value is -2.99. The number of fused-ring (bicyclic) bond motifs is 1. The predicted octanol–water partition coefficient (Wildman–Crippen LogP) is 3.80. The highest BCUT2D eigenvalue weighted by molar-refractivity contribution is 6.04. The molecule has 1 N–H and O–H groups in total. The van der Waals surface area contributed by atoms with Gasteiger partial charge in [0.1, 0.15) is 0 Å². The minimum Gasteiger partial charge on any atom is -0.376 e. The van der Waals surface area contributed by atoms with Crippen LogP contribution in [0, 0.1) is 5.92 Å². The van der Waals surface area contributed by atoms with Crippen molar-refractivity contribution in [2.24, 2.45) is 5.92 Å². The summed E-state index contributed by atoms with van der Waals surface area (Å²) < 4.78 is 7.69. The molecular formula is C24H26N4O2. The lowest BCUT2D eigenvalue weighted by Gasteiger charge is -2.15. The fourth-order valence-corrected chi connectivity index (χ4v) is 4.04. The molecule has 0 atom stereocenters. The van der Waals surface area contributed by atoms with Gasteiger partial charge in [0.15, 0.2) is 5.69 Å². The van der Waals surface area contributed by atoms with Crippen LogP contribution in [0.3, 0.4) is 0 Å². The number of para-hydroxylation sites is 1. The first kappa shape index (κ1) is 19.0. The van der Waals surface area contributed by atoms with Gasteiger partial charge in [0.25, 0.3) is 5.91 Å². The Bertz CT molecular complexity index is 1040. The first-order chi connectivity index (χ1) is 14.8. The van der Waals surface area contributed by atoms with Crippen molar-refractivity contribution in [1.29, 1.82) is 0 Å². The highest BCUT2D eigenvalue weighted by Crippen LogP contribution is 2.32. The standard InChI is InChI=1S/C24H26N4O2/c29-24(23-20-16-30-14-12-22(20)28(27-23)15-17-8-9-17)26-21-7-2-1-5-18(21)10-11-19-6-3-4-13-25-19/h1-7,13,17H,8-12,14-16H2,(H,26,29). The highest BCUT2D eigenvalue weighted by atomic mass is 16.5. The topological polar surface area (TPSA) is 69.0 Å². The van der Waals surface area contributed by atoms with Gasteiger partial charge in [-0.2, -0.15) is 5.10 Å². The van der Waals surface area contributed by atoms with Crippen LogP contribution in [0.15, 0.2) is 48.7 Å². The molecule has 0 spiro atoms. The first-order valence-electron chi connectivity index (χ1n) is 10.7. The molecule has 5 rings (SSSR count). The molecule has 1 saturated carbocycles. The lowest BCUT2D eigenvalue weighted by atomic mass is 10.0. The van der Waals surface area contributed by atoms with Crippen molar-refractivity contribution < 1.29 is 9.53 Å². The van der Waals surface area contributed by atoms with Crippen LogP contribution in [0.1, 0.15) is 45.8 Å². The number of carbonyl (C=O) groups is 1. The third-order valence-electron chi connectivity index (χ3n) is 5.88. The van der Waals surface area contributed by atoms with Gasteiger partial charge in [-0.1, -0.05) is 24.3 Å². The van der Waals surface area contributed by atoms with Crippen LogP contribution in [-0.4, -0.2) is 27.3 Å². The SMILES string of the molecule is O=C(Nc1ccccc1CCc1ccccn1)c1nn(CC2CC2)c2c1COCC2. The number of ether oxygens (including phenoxy) is 1. The minimum atomic E-state index is -0.156. The molecule has 6 heteroatoms. The van der Waals surface area contributed by atoms with Crippen molar-refractivity contribution in [3.8, 4) is 0 Å². The van der Waals surface area contributed by atoms with Crippen LogP contribution in [-0.2, 0) is 37.2 Å². The lowest BCUT2D eigenvalue weighted by Crippen LogP contribution is -2.18. The molecule has 0 bridgehead atoms. The normalized spacial score (nSPS) is 15.6. The molecule has 1 aromatic carbocycles. The number of anilines is 1. The average Bonchev–Trinajstić information content (AvgIpc) is 3.53. The molecule has 6 nitrogen and oxygen atoms in total. The number of aromatic nitrogens is 3. The number of pyridine rings is 1. The maximum atomic E-state index is 13.2. The molecule has 0 saturated heterocycles. The summed E-state index contributed by atoms with van der Waals surface area (Å²) in [6.07, 6.45) is 6.79. The molecule has 1 aliphatic heterocycles. The van der Waals surface area contributed by atoms with E-state index in [4.69, 9.17) is 9.84 Å². The highest BCUT2D eigenvalue weighted by Gasteiger charge is 2.29. The Kier molecular flexibility index (Phi) is 5.32. The van der Waals surface area contributed by atoms with Gasteiger partial charge < -0.3 is 10.1 Å². The van der Waals surface area contributed by atoms with Crippen molar-refractivity contribution in [2.45, 2.75) is 45.3 Å². The Labute approximate surface area is 176 Å². The molecular weight excluding hydrogens is 376 g/mol. The van der Waals surface area contributed by atoms with E-state index in [1.807, 2.05) is 42.6 Å². The number of aryl methyl sites for hydroxylation is 2. The molecule has 3 aromatic rings. The molecule has 1 fully saturated rings. The molecule has 3 heterocycles. The predicted molar refractivity (Wildman–Crippen MR) is 114 cm³/mol. The number of amides is 1. The molecule has 30 heavy (non-hydrogen) atoms. The molecule has 2 aliphatic rings. The van der Waals surface area contributed by atoms with E-state index in [1.165, 1.54) is 18.5 Å². The summed E-state index contributed by atoms with van der Waals surface area (Å²) >= 11 is 0. The third kappa shape index (κ3) is 4.14. The molecule has 0 radical (unpaired) electrons. The van der Waals surface area contributed by atoms with Crippen molar-refractivity contribution in [2.75, 3.05) is 11.9 Å². The van der Waals surface area contributed by atoms with Crippen molar-refractivity contribution in [3.05, 3.63) is 76.9 Å². The minimum absolute atomic E-state index is 0.156. The largest absolute Gasteiger partial charge is 0.376 e. The van der Waals surface area contributed by atoms with E-state index in [1.54, 1.807) is 0 Å². The van der Waals surface area contributed by atoms with Crippen LogP contribution < -0.4 is 5.32 Å². The maximum absolute atomic E-state index is 13.2. The molecule has 154 valence electrons. The summed E-state index contributed by atoms with van der Waals surface area (Å²) in [6.45, 7) is 2.07. The van der Waals surface area contributed by atoms with Crippen LogP contribution in [0.2, 0.25) is 0 Å². The van der Waals surface area contributed by atoms with Gasteiger partial charge in [0.05, 0.1) is 13.2 Å². The quantitative estimate of drug-likeness (QED) is 0.653. The zero-order chi connectivity index (χ0) is 20.3. The summed E-state index contributed by atoms with van der Waals surface area (Å²) in [5, 5.41) is 7.81. The zero-order valence-electron chi connectivity index (χ0n) is 17.0. The molecule has 0 unspecified atom stereocenters. The number of hydrogen-bond donors (Lipinski definition) is 1. The Morgan fingerprint density at radius 1 is 1.13 bits per heavy atom. The molecule has 1 amide bonds. The summed E-state index contributed by atoms with van der Waals surface area (Å²) in [4.78, 5) is 17.6. The van der Waals surface area contributed by atoms with Crippen molar-refractivity contribution in [1.82, 2.24) is 14.8 Å². The van der Waals surface area contributed by atoms with E-state index in [2.05, 4.69) is 21.0 Å². The third-order valence-corrected chi connectivity index (χ3v) is 5.88. The fraction of sp³-hybridized carbons (Fsp3) is 0.375. The van der Waals surface area contributed by atoms with Crippen LogP contribution >= 0.6 is 0 Å². The monoisotopic (exact) mass is 402 g/mol. The van der Waals surface area contributed by atoms with Crippen molar-refractivity contribution >= 4 is 11.6 Å². The number of rotatable bonds is 7. The Morgan fingerprint density at radius 3 is 2.83 bits per heavy atom. The summed E-state index contributed by atoms with van der Waals surface area (Å²) in [7, 11) is 0. The van der Waals surface area contributed by atoms with E-state index in [-0.39, 0.29) is 5.91 Å². The Balaban J connectivity index is 1.35. The first-order valence-corrected chi connectivity index (χ1v) is 10.7. The second-order valence-corrected chi connectivity index (χ2v) is 8.13. The number of carbonyl (C=O) groups excluding carboxylic acids is 1. The van der Waals surface area contributed by atoms with E-state index in [0.717, 1.165) is 48.3 Å². The summed E-state index contributed by atoms with van der Waals surface area (Å²) in [5.41, 5.74) is 5.60. The number of benzene rings is 1. The second kappa shape index (κ2) is 8.40. The average molecular weight is 402 g/mol. The van der Waals surface area contributed by atoms with Gasteiger partial charge in [-0.3, -0.25) is 14.5 Å². The van der Waals surface area contributed by atoms with Crippen LogP contribution in [0.4, 0.5) is 5.69 Å². The molecule has 2 aromatic heterocycles. The van der Waals surface area contributed by atoms with E-state index in [9.17, 15) is 4.79 Å².